The molecule has 0 radical (unpaired) electrons. The van der Waals surface area contributed by atoms with Crippen molar-refractivity contribution in [2.24, 2.45) is 5.92 Å². The van der Waals surface area contributed by atoms with Crippen LogP contribution in [0.3, 0.4) is 0 Å². The van der Waals surface area contributed by atoms with Crippen molar-refractivity contribution in [3.8, 4) is 0 Å². The van der Waals surface area contributed by atoms with Gasteiger partial charge in [-0.2, -0.15) is 0 Å². The number of carbonyl (C=O) groups is 2. The SMILES string of the molecule is CCc1ccc(NC(=O)C2CCN(C(=O)c3nnn4cc(C)[nH]c(=O)c34)CC2)cc1. The maximum Gasteiger partial charge on any atom is 0.276 e. The van der Waals surface area contributed by atoms with Gasteiger partial charge in [-0.3, -0.25) is 14.4 Å². The van der Waals surface area contributed by atoms with Crippen LogP contribution in [0.4, 0.5) is 5.69 Å². The highest BCUT2D eigenvalue weighted by atomic mass is 16.2. The van der Waals surface area contributed by atoms with Crippen molar-refractivity contribution in [1.29, 1.82) is 0 Å². The van der Waals surface area contributed by atoms with Crippen LogP contribution in [-0.4, -0.2) is 49.6 Å². The minimum absolute atomic E-state index is 0.0348. The third kappa shape index (κ3) is 3.83. The first kappa shape index (κ1) is 19.8. The molecule has 1 aliphatic rings. The summed E-state index contributed by atoms with van der Waals surface area (Å²) in [5, 5.41) is 10.8. The van der Waals surface area contributed by atoms with Gasteiger partial charge in [-0.25, -0.2) is 4.52 Å². The van der Waals surface area contributed by atoms with Gasteiger partial charge in [-0.1, -0.05) is 24.3 Å². The largest absolute Gasteiger partial charge is 0.337 e. The molecule has 0 saturated carbocycles. The molecule has 0 aliphatic carbocycles. The number of anilines is 1. The second kappa shape index (κ2) is 8.10. The molecule has 4 rings (SSSR count). The van der Waals surface area contributed by atoms with Gasteiger partial charge in [0.25, 0.3) is 11.5 Å². The number of hydrogen-bond donors (Lipinski definition) is 2. The fourth-order valence-electron chi connectivity index (χ4n) is 3.76. The third-order valence-corrected chi connectivity index (χ3v) is 5.52. The Bertz CT molecular complexity index is 1140. The molecule has 9 nitrogen and oxygen atoms in total. The van der Waals surface area contributed by atoms with E-state index in [-0.39, 0.29) is 28.9 Å². The Hall–Kier alpha value is -3.49. The van der Waals surface area contributed by atoms with Crippen molar-refractivity contribution in [3.05, 3.63) is 57.8 Å². The summed E-state index contributed by atoms with van der Waals surface area (Å²) < 4.78 is 1.32. The number of benzene rings is 1. The van der Waals surface area contributed by atoms with E-state index in [1.165, 1.54) is 10.1 Å². The van der Waals surface area contributed by atoms with Gasteiger partial charge in [0.2, 0.25) is 5.91 Å². The van der Waals surface area contributed by atoms with Crippen LogP contribution in [0.1, 0.15) is 41.5 Å². The Morgan fingerprint density at radius 3 is 2.57 bits per heavy atom. The molecule has 9 heteroatoms. The van der Waals surface area contributed by atoms with Gasteiger partial charge in [0.1, 0.15) is 0 Å². The minimum Gasteiger partial charge on any atom is -0.337 e. The van der Waals surface area contributed by atoms with E-state index in [0.717, 1.165) is 12.1 Å². The fourth-order valence-corrected chi connectivity index (χ4v) is 3.76. The highest BCUT2D eigenvalue weighted by Crippen LogP contribution is 2.21. The topological polar surface area (TPSA) is 112 Å². The highest BCUT2D eigenvalue weighted by Gasteiger charge is 2.30. The van der Waals surface area contributed by atoms with E-state index < -0.39 is 5.56 Å². The molecule has 30 heavy (non-hydrogen) atoms. The molecule has 0 atom stereocenters. The normalized spacial score (nSPS) is 14.8. The van der Waals surface area contributed by atoms with Crippen molar-refractivity contribution in [1.82, 2.24) is 24.7 Å². The lowest BCUT2D eigenvalue weighted by atomic mass is 9.95. The molecule has 2 amide bonds. The summed E-state index contributed by atoms with van der Waals surface area (Å²) in [6, 6.07) is 7.82. The highest BCUT2D eigenvalue weighted by molar-refractivity contribution is 5.99. The van der Waals surface area contributed by atoms with E-state index in [4.69, 9.17) is 0 Å². The molecule has 156 valence electrons. The number of amides is 2. The first-order valence-corrected chi connectivity index (χ1v) is 10.1. The van der Waals surface area contributed by atoms with Crippen LogP contribution in [0.15, 0.2) is 35.3 Å². The molecule has 1 aromatic carbocycles. The molecule has 0 bridgehead atoms. The zero-order chi connectivity index (χ0) is 21.3. The quantitative estimate of drug-likeness (QED) is 0.683. The van der Waals surface area contributed by atoms with E-state index in [0.29, 0.717) is 31.6 Å². The number of nitrogens with zero attached hydrogens (tertiary/aromatic N) is 4. The Labute approximate surface area is 173 Å². The molecular weight excluding hydrogens is 384 g/mol. The summed E-state index contributed by atoms with van der Waals surface area (Å²) >= 11 is 0. The van der Waals surface area contributed by atoms with Crippen molar-refractivity contribution >= 4 is 23.0 Å². The third-order valence-electron chi connectivity index (χ3n) is 5.52. The lowest BCUT2D eigenvalue weighted by molar-refractivity contribution is -0.121. The lowest BCUT2D eigenvalue weighted by Crippen LogP contribution is -2.41. The molecule has 1 saturated heterocycles. The van der Waals surface area contributed by atoms with Gasteiger partial charge >= 0.3 is 0 Å². The van der Waals surface area contributed by atoms with E-state index in [2.05, 4.69) is 27.5 Å². The van der Waals surface area contributed by atoms with E-state index in [1.807, 2.05) is 24.3 Å². The van der Waals surface area contributed by atoms with Crippen LogP contribution < -0.4 is 10.9 Å². The maximum atomic E-state index is 12.9. The van der Waals surface area contributed by atoms with Crippen LogP contribution in [0.2, 0.25) is 0 Å². The van der Waals surface area contributed by atoms with E-state index in [9.17, 15) is 14.4 Å². The summed E-state index contributed by atoms with van der Waals surface area (Å²) in [5.41, 5.74) is 2.41. The molecule has 2 aromatic heterocycles. The van der Waals surface area contributed by atoms with Crippen molar-refractivity contribution in [2.45, 2.75) is 33.1 Å². The molecular formula is C21H24N6O3. The van der Waals surface area contributed by atoms with Crippen molar-refractivity contribution in [3.63, 3.8) is 0 Å². The van der Waals surface area contributed by atoms with Crippen LogP contribution >= 0.6 is 0 Å². The molecule has 0 spiro atoms. The first-order chi connectivity index (χ1) is 14.5. The maximum absolute atomic E-state index is 12.9. The predicted octanol–water partition coefficient (Wildman–Crippen LogP) is 1.78. The number of piperidine rings is 1. The zero-order valence-corrected chi connectivity index (χ0v) is 17.0. The Morgan fingerprint density at radius 2 is 1.90 bits per heavy atom. The van der Waals surface area contributed by atoms with Gasteiger partial charge in [0.05, 0.1) is 6.20 Å². The van der Waals surface area contributed by atoms with Crippen LogP contribution in [-0.2, 0) is 11.2 Å². The molecule has 3 heterocycles. The number of aromatic amines is 1. The molecule has 1 fully saturated rings. The number of carbonyl (C=O) groups excluding carboxylic acids is 2. The van der Waals surface area contributed by atoms with Crippen molar-refractivity contribution in [2.75, 3.05) is 18.4 Å². The van der Waals surface area contributed by atoms with Gasteiger partial charge < -0.3 is 15.2 Å². The number of H-pyrrole nitrogens is 1. The molecule has 2 N–H and O–H groups in total. The summed E-state index contributed by atoms with van der Waals surface area (Å²) in [6.07, 6.45) is 3.68. The standard InChI is InChI=1S/C21H24N6O3/c1-3-14-4-6-16(7-5-14)23-19(28)15-8-10-26(11-9-15)21(30)17-18-20(29)22-13(2)12-27(18)25-24-17/h4-7,12,15H,3,8-11H2,1-2H3,(H,22,29)(H,23,28). The number of likely N-dealkylation sites (tertiary alicyclic amines) is 1. The van der Waals surface area contributed by atoms with Crippen LogP contribution in [0.25, 0.3) is 5.52 Å². The second-order valence-electron chi connectivity index (χ2n) is 7.60. The smallest absolute Gasteiger partial charge is 0.276 e. The lowest BCUT2D eigenvalue weighted by Gasteiger charge is -2.30. The number of aromatic nitrogens is 4. The summed E-state index contributed by atoms with van der Waals surface area (Å²) in [4.78, 5) is 42.0. The van der Waals surface area contributed by atoms with Gasteiger partial charge in [-0.05, 0) is 43.9 Å². The number of nitrogens with one attached hydrogen (secondary N) is 2. The summed E-state index contributed by atoms with van der Waals surface area (Å²) in [6.45, 7) is 4.67. The average Bonchev–Trinajstić information content (AvgIpc) is 3.18. The molecule has 0 unspecified atom stereocenters. The van der Waals surface area contributed by atoms with E-state index >= 15 is 0 Å². The van der Waals surface area contributed by atoms with Crippen molar-refractivity contribution < 1.29 is 9.59 Å². The van der Waals surface area contributed by atoms with Crippen LogP contribution in [0.5, 0.6) is 0 Å². The van der Waals surface area contributed by atoms with Gasteiger partial charge in [0, 0.05) is 30.4 Å². The number of rotatable bonds is 4. The predicted molar refractivity (Wildman–Crippen MR) is 111 cm³/mol. The molecule has 1 aliphatic heterocycles. The average molecular weight is 408 g/mol. The second-order valence-corrected chi connectivity index (χ2v) is 7.60. The summed E-state index contributed by atoms with van der Waals surface area (Å²) in [7, 11) is 0. The number of fused-ring (bicyclic) bond motifs is 1. The first-order valence-electron chi connectivity index (χ1n) is 10.1. The molecule has 3 aromatic rings. The fraction of sp³-hybridized carbons (Fsp3) is 0.381. The number of hydrogen-bond acceptors (Lipinski definition) is 5. The van der Waals surface area contributed by atoms with Gasteiger partial charge in [0.15, 0.2) is 11.2 Å². The Morgan fingerprint density at radius 1 is 1.20 bits per heavy atom. The summed E-state index contributed by atoms with van der Waals surface area (Å²) in [5.74, 6) is -0.538. The number of aryl methyl sites for hydroxylation is 2. The minimum atomic E-state index is -0.397. The van der Waals surface area contributed by atoms with Crippen LogP contribution in [0, 0.1) is 12.8 Å². The zero-order valence-electron chi connectivity index (χ0n) is 17.0. The van der Waals surface area contributed by atoms with E-state index in [1.54, 1.807) is 18.0 Å². The Kier molecular flexibility index (Phi) is 5.35. The Balaban J connectivity index is 1.40. The van der Waals surface area contributed by atoms with Gasteiger partial charge in [-0.15, -0.1) is 5.10 Å². The monoisotopic (exact) mass is 408 g/mol.